The molecular weight excluding hydrogens is 440 g/mol. The van der Waals surface area contributed by atoms with Gasteiger partial charge < -0.3 is 0 Å². The molecule has 2 heterocycles. The van der Waals surface area contributed by atoms with Gasteiger partial charge in [-0.15, -0.1) is 9.15 Å². The average molecular weight is 471 g/mol. The summed E-state index contributed by atoms with van der Waals surface area (Å²) in [4.78, 5) is 2.95. The van der Waals surface area contributed by atoms with Gasteiger partial charge in [0.25, 0.3) is 11.4 Å². The van der Waals surface area contributed by atoms with E-state index in [1.165, 1.54) is 54.8 Å². The van der Waals surface area contributed by atoms with Crippen molar-refractivity contribution in [2.45, 2.75) is 23.9 Å². The smallest absolute Gasteiger partial charge is 0.207 e. The molecule has 2 bridgehead atoms. The number of rotatable bonds is 2. The molecule has 0 fully saturated rings. The highest BCUT2D eigenvalue weighted by Gasteiger charge is 2.62. The maximum Gasteiger partial charge on any atom is 0.336 e. The molecule has 36 heavy (non-hydrogen) atoms. The molecule has 3 aliphatic carbocycles. The van der Waals surface area contributed by atoms with Crippen molar-refractivity contribution in [3.8, 4) is 0 Å². The van der Waals surface area contributed by atoms with Crippen molar-refractivity contribution >= 4 is 35.4 Å². The maximum atomic E-state index is 2.42. The van der Waals surface area contributed by atoms with Crippen LogP contribution in [-0.2, 0) is 0 Å². The van der Waals surface area contributed by atoms with Crippen LogP contribution in [0.3, 0.4) is 0 Å². The Kier molecular flexibility index (Phi) is 4.14. The second-order valence-corrected chi connectivity index (χ2v) is 10.7. The van der Waals surface area contributed by atoms with Crippen LogP contribution in [0.4, 0.5) is 22.7 Å². The number of fused-ring (bicyclic) bond motifs is 3. The third kappa shape index (κ3) is 2.55. The van der Waals surface area contributed by atoms with Gasteiger partial charge in [-0.25, -0.2) is 9.80 Å². The number of benzene rings is 4. The molecule has 2 aliphatic heterocycles. The van der Waals surface area contributed by atoms with Gasteiger partial charge in [-0.2, -0.15) is 0 Å². The summed E-state index contributed by atoms with van der Waals surface area (Å²) in [5.74, 6) is 0.661. The molecule has 0 amide bonds. The molecule has 4 heteroatoms. The lowest BCUT2D eigenvalue weighted by atomic mass is 9.58. The highest BCUT2D eigenvalue weighted by Crippen LogP contribution is 2.52. The molecule has 0 saturated carbocycles. The van der Waals surface area contributed by atoms with Crippen LogP contribution in [-0.4, -0.2) is 48.0 Å². The third-order valence-electron chi connectivity index (χ3n) is 9.01. The van der Waals surface area contributed by atoms with Gasteiger partial charge in [0.1, 0.15) is 14.1 Å². The zero-order chi connectivity index (χ0) is 24.0. The Morgan fingerprint density at radius 2 is 0.806 bits per heavy atom. The third-order valence-corrected chi connectivity index (χ3v) is 9.01. The summed E-state index contributed by atoms with van der Waals surface area (Å²) < 4.78 is 4.65. The first-order valence-corrected chi connectivity index (χ1v) is 13.0. The molecule has 0 aromatic heterocycles. The van der Waals surface area contributed by atoms with Crippen molar-refractivity contribution in [1.82, 2.24) is 0 Å². The first-order valence-electron chi connectivity index (χ1n) is 13.0. The average Bonchev–Trinajstić information content (AvgIpc) is 3.45. The Balaban J connectivity index is 1.42. The van der Waals surface area contributed by atoms with E-state index < -0.39 is 0 Å². The zero-order valence-corrected chi connectivity index (χ0v) is 20.6. The molecule has 174 valence electrons. The summed E-state index contributed by atoms with van der Waals surface area (Å²) in [6, 6.07) is 37.1. The van der Waals surface area contributed by atoms with E-state index in [1.54, 1.807) is 0 Å². The van der Waals surface area contributed by atoms with E-state index in [0.29, 0.717) is 23.9 Å². The summed E-state index contributed by atoms with van der Waals surface area (Å²) in [6.07, 6.45) is 4.83. The van der Waals surface area contributed by atoms with Gasteiger partial charge in [-0.3, -0.25) is 0 Å². The summed E-state index contributed by atoms with van der Waals surface area (Å²) in [7, 11) is 4.39. The van der Waals surface area contributed by atoms with E-state index in [9.17, 15) is 0 Å². The van der Waals surface area contributed by atoms with Gasteiger partial charge in [-0.05, 0) is 22.3 Å². The first-order chi connectivity index (χ1) is 17.7. The minimum Gasteiger partial charge on any atom is -0.207 e. The van der Waals surface area contributed by atoms with Crippen LogP contribution in [0.1, 0.15) is 34.1 Å². The number of hydrogen-bond donors (Lipinski definition) is 2. The molecule has 4 unspecified atom stereocenters. The number of para-hydroxylation sites is 4. The number of nitrogens with zero attached hydrogens (tertiary/aromatic N) is 2. The fraction of sp³-hybridized carbons (Fsp3) is 0.188. The molecule has 9 rings (SSSR count). The topological polar surface area (TPSA) is 14.9 Å². The van der Waals surface area contributed by atoms with Gasteiger partial charge in [0.2, 0.25) is 11.4 Å². The van der Waals surface area contributed by atoms with E-state index in [0.717, 1.165) is 0 Å². The fourth-order valence-electron chi connectivity index (χ4n) is 7.70. The minimum absolute atomic E-state index is 0.331. The van der Waals surface area contributed by atoms with Crippen LogP contribution in [0.2, 0.25) is 0 Å². The van der Waals surface area contributed by atoms with Crippen LogP contribution in [0, 0.1) is 0 Å². The molecule has 0 spiro atoms. The summed E-state index contributed by atoms with van der Waals surface area (Å²) in [5, 5.41) is 0. The van der Waals surface area contributed by atoms with Gasteiger partial charge >= 0.3 is 12.7 Å². The molecule has 4 aromatic carbocycles. The van der Waals surface area contributed by atoms with Gasteiger partial charge in [0, 0.05) is 24.3 Å². The number of quaternary nitrogens is 2. The molecule has 0 radical (unpaired) electrons. The molecule has 4 atom stereocenters. The van der Waals surface area contributed by atoms with Crippen molar-refractivity contribution in [2.24, 2.45) is 0 Å². The van der Waals surface area contributed by atoms with Crippen LogP contribution in [0.15, 0.2) is 97.1 Å². The van der Waals surface area contributed by atoms with Crippen LogP contribution < -0.4 is 9.80 Å². The standard InChI is InChI=1S/C32H28N4/c1-33-19-35(27-17-9-7-15-25(27)33)31-29-21-11-3-5-13-23(21)30(24-14-6-4-12-22(24)29)32(31)36-20-34(2)26-16-8-10-18-28(26)36/h3-20,29-32H,1-2H3/q+2/p+2. The van der Waals surface area contributed by atoms with Gasteiger partial charge in [-0.1, -0.05) is 72.8 Å². The molecule has 0 saturated heterocycles. The largest absolute Gasteiger partial charge is 0.336 e. The van der Waals surface area contributed by atoms with Crippen molar-refractivity contribution in [1.29, 1.82) is 0 Å². The Morgan fingerprint density at radius 1 is 0.472 bits per heavy atom. The Hall–Kier alpha value is -3.86. The minimum atomic E-state index is 0.331. The highest BCUT2D eigenvalue weighted by molar-refractivity contribution is 5.67. The Morgan fingerprint density at radius 3 is 1.19 bits per heavy atom. The fourth-order valence-corrected chi connectivity index (χ4v) is 7.70. The van der Waals surface area contributed by atoms with E-state index in [1.807, 2.05) is 0 Å². The second-order valence-electron chi connectivity index (χ2n) is 10.7. The lowest BCUT2D eigenvalue weighted by molar-refractivity contribution is -0.849. The maximum absolute atomic E-state index is 2.42. The van der Waals surface area contributed by atoms with E-state index in [2.05, 4.69) is 133 Å². The molecular formula is C32H30N4+4. The Labute approximate surface area is 211 Å². The molecule has 4 nitrogen and oxygen atoms in total. The van der Waals surface area contributed by atoms with Crippen LogP contribution >= 0.6 is 0 Å². The van der Waals surface area contributed by atoms with Crippen molar-refractivity contribution in [3.05, 3.63) is 119 Å². The predicted molar refractivity (Wildman–Crippen MR) is 142 cm³/mol. The highest BCUT2D eigenvalue weighted by atomic mass is 15.4. The summed E-state index contributed by atoms with van der Waals surface area (Å²) in [6.45, 7) is 0. The van der Waals surface area contributed by atoms with Gasteiger partial charge in [0.15, 0.2) is 12.1 Å². The quantitative estimate of drug-likeness (QED) is 0.419. The molecule has 5 aliphatic rings. The van der Waals surface area contributed by atoms with E-state index >= 15 is 0 Å². The van der Waals surface area contributed by atoms with E-state index in [4.69, 9.17) is 0 Å². The number of nitrogens with one attached hydrogen (secondary N) is 2. The predicted octanol–water partition coefficient (Wildman–Crippen LogP) is 3.08. The molecule has 2 N–H and O–H groups in total. The lowest BCUT2D eigenvalue weighted by Crippen LogP contribution is -3.22. The van der Waals surface area contributed by atoms with Gasteiger partial charge in [0.05, 0.1) is 11.8 Å². The normalized spacial score (nSPS) is 28.6. The summed E-state index contributed by atoms with van der Waals surface area (Å²) >= 11 is 0. The Bertz CT molecular complexity index is 1450. The van der Waals surface area contributed by atoms with Crippen LogP contribution in [0.5, 0.6) is 0 Å². The monoisotopic (exact) mass is 470 g/mol. The zero-order valence-electron chi connectivity index (χ0n) is 20.6. The second kappa shape index (κ2) is 7.33. The first kappa shape index (κ1) is 20.3. The van der Waals surface area contributed by atoms with Crippen LogP contribution in [0.25, 0.3) is 0 Å². The molecule has 4 aromatic rings. The van der Waals surface area contributed by atoms with E-state index in [-0.39, 0.29) is 0 Å². The number of hydrogen-bond acceptors (Lipinski definition) is 0. The van der Waals surface area contributed by atoms with Crippen molar-refractivity contribution in [3.63, 3.8) is 0 Å². The van der Waals surface area contributed by atoms with Crippen molar-refractivity contribution in [2.75, 3.05) is 14.1 Å². The lowest BCUT2D eigenvalue weighted by Gasteiger charge is -2.49. The summed E-state index contributed by atoms with van der Waals surface area (Å²) in [5.41, 5.74) is 11.4. The SMILES string of the molecule is C[N+]1=C[NH+](C2C3c4ccccc4C(c4ccccc43)C2[NH+]2C=[N+](C)c3ccccc32)c2ccccc21. The van der Waals surface area contributed by atoms with Crippen molar-refractivity contribution < 1.29 is 19.0 Å².